The Balaban J connectivity index is 1.70. The lowest BCUT2D eigenvalue weighted by molar-refractivity contribution is 0.0455. The van der Waals surface area contributed by atoms with Crippen LogP contribution < -0.4 is 0 Å². The van der Waals surface area contributed by atoms with Crippen molar-refractivity contribution in [3.63, 3.8) is 0 Å². The van der Waals surface area contributed by atoms with Crippen LogP contribution in [0.1, 0.15) is 25.7 Å². The molecule has 1 aliphatic heterocycles. The van der Waals surface area contributed by atoms with Crippen LogP contribution in [0.4, 0.5) is 0 Å². The summed E-state index contributed by atoms with van der Waals surface area (Å²) in [6.07, 6.45) is 4.71. The summed E-state index contributed by atoms with van der Waals surface area (Å²) in [7, 11) is 0. The summed E-state index contributed by atoms with van der Waals surface area (Å²) >= 11 is 2.03. The molecule has 1 fully saturated rings. The summed E-state index contributed by atoms with van der Waals surface area (Å²) < 4.78 is 5.08. The maximum absolute atomic E-state index is 8.54. The third-order valence-corrected chi connectivity index (χ3v) is 3.28. The fourth-order valence-corrected chi connectivity index (χ4v) is 2.22. The minimum atomic E-state index is 0.351. The van der Waals surface area contributed by atoms with Crippen molar-refractivity contribution >= 4 is 11.8 Å². The Labute approximate surface area is 78.7 Å². The molecule has 12 heavy (non-hydrogen) atoms. The molecule has 0 amide bonds. The number of hydrogen-bond donors (Lipinski definition) is 1. The minimum Gasteiger partial charge on any atom is -0.396 e. The van der Waals surface area contributed by atoms with E-state index in [1.54, 1.807) is 0 Å². The molecule has 1 aliphatic rings. The highest BCUT2D eigenvalue weighted by atomic mass is 32.2. The SMILES string of the molecule is OCCCCCCSC1COC1. The van der Waals surface area contributed by atoms with E-state index in [2.05, 4.69) is 0 Å². The van der Waals surface area contributed by atoms with E-state index in [0.29, 0.717) is 6.61 Å². The number of aliphatic hydroxyl groups excluding tert-OH is 1. The van der Waals surface area contributed by atoms with Crippen LogP contribution in [0.25, 0.3) is 0 Å². The van der Waals surface area contributed by atoms with Gasteiger partial charge in [0.05, 0.1) is 18.5 Å². The molecule has 0 unspecified atom stereocenters. The molecule has 0 bridgehead atoms. The number of unbranched alkanes of at least 4 members (excludes halogenated alkanes) is 3. The summed E-state index contributed by atoms with van der Waals surface area (Å²) in [5, 5.41) is 9.32. The quantitative estimate of drug-likeness (QED) is 0.619. The molecular formula is C9H18O2S. The first-order valence-electron chi connectivity index (χ1n) is 4.73. The predicted octanol–water partition coefficient (Wildman–Crippen LogP) is 1.67. The first kappa shape index (κ1) is 10.4. The van der Waals surface area contributed by atoms with Gasteiger partial charge in [-0.05, 0) is 18.6 Å². The van der Waals surface area contributed by atoms with Gasteiger partial charge in [0.15, 0.2) is 0 Å². The Morgan fingerprint density at radius 1 is 1.17 bits per heavy atom. The van der Waals surface area contributed by atoms with Gasteiger partial charge in [0, 0.05) is 6.61 Å². The van der Waals surface area contributed by atoms with Crippen LogP contribution in [0.5, 0.6) is 0 Å². The van der Waals surface area contributed by atoms with Crippen LogP contribution in [0.2, 0.25) is 0 Å². The number of ether oxygens (including phenoxy) is 1. The molecule has 0 spiro atoms. The molecule has 0 saturated carbocycles. The molecule has 1 N–H and O–H groups in total. The van der Waals surface area contributed by atoms with Crippen molar-refractivity contribution in [1.29, 1.82) is 0 Å². The largest absolute Gasteiger partial charge is 0.396 e. The zero-order valence-corrected chi connectivity index (χ0v) is 8.31. The molecule has 1 heterocycles. The van der Waals surface area contributed by atoms with E-state index in [1.165, 1.54) is 25.0 Å². The number of rotatable bonds is 7. The van der Waals surface area contributed by atoms with Gasteiger partial charge in [0.25, 0.3) is 0 Å². The van der Waals surface area contributed by atoms with Gasteiger partial charge in [-0.15, -0.1) is 0 Å². The summed E-state index contributed by atoms with van der Waals surface area (Å²) in [4.78, 5) is 0. The Morgan fingerprint density at radius 2 is 1.92 bits per heavy atom. The first-order chi connectivity index (χ1) is 5.93. The van der Waals surface area contributed by atoms with Crippen molar-refractivity contribution in [3.05, 3.63) is 0 Å². The average Bonchev–Trinajstić information content (AvgIpc) is 2.00. The van der Waals surface area contributed by atoms with E-state index in [-0.39, 0.29) is 0 Å². The standard InChI is InChI=1S/C9H18O2S/c10-5-3-1-2-4-6-12-9-7-11-8-9/h9-10H,1-8H2. The third kappa shape index (κ3) is 4.33. The molecule has 0 atom stereocenters. The van der Waals surface area contributed by atoms with Crippen molar-refractivity contribution in [1.82, 2.24) is 0 Å². The Kier molecular flexibility index (Phi) is 5.82. The van der Waals surface area contributed by atoms with Crippen molar-refractivity contribution < 1.29 is 9.84 Å². The molecule has 72 valence electrons. The lowest BCUT2D eigenvalue weighted by atomic mass is 10.2. The molecule has 0 radical (unpaired) electrons. The summed E-state index contributed by atoms with van der Waals surface area (Å²) in [5.74, 6) is 1.26. The Hall–Kier alpha value is 0.270. The molecule has 0 aromatic rings. The summed E-state index contributed by atoms with van der Waals surface area (Å²) in [6.45, 7) is 2.27. The second kappa shape index (κ2) is 6.75. The highest BCUT2D eigenvalue weighted by Crippen LogP contribution is 2.20. The van der Waals surface area contributed by atoms with E-state index in [1.807, 2.05) is 11.8 Å². The molecular weight excluding hydrogens is 172 g/mol. The van der Waals surface area contributed by atoms with E-state index in [9.17, 15) is 0 Å². The first-order valence-corrected chi connectivity index (χ1v) is 5.78. The highest BCUT2D eigenvalue weighted by molar-refractivity contribution is 8.00. The normalized spacial score (nSPS) is 17.8. The van der Waals surface area contributed by atoms with Crippen molar-refractivity contribution in [3.8, 4) is 0 Å². The lowest BCUT2D eigenvalue weighted by Crippen LogP contribution is -2.30. The van der Waals surface area contributed by atoms with Gasteiger partial charge in [-0.2, -0.15) is 11.8 Å². The molecule has 0 aromatic carbocycles. The zero-order valence-electron chi connectivity index (χ0n) is 7.50. The van der Waals surface area contributed by atoms with Gasteiger partial charge >= 0.3 is 0 Å². The predicted molar refractivity (Wildman–Crippen MR) is 52.6 cm³/mol. The van der Waals surface area contributed by atoms with E-state index in [4.69, 9.17) is 9.84 Å². The number of hydrogen-bond acceptors (Lipinski definition) is 3. The fraction of sp³-hybridized carbons (Fsp3) is 1.00. The second-order valence-electron chi connectivity index (χ2n) is 3.17. The van der Waals surface area contributed by atoms with E-state index >= 15 is 0 Å². The second-order valence-corrected chi connectivity index (χ2v) is 4.58. The summed E-state index contributed by atoms with van der Waals surface area (Å²) in [5.41, 5.74) is 0. The number of thioether (sulfide) groups is 1. The summed E-state index contributed by atoms with van der Waals surface area (Å²) in [6, 6.07) is 0. The Morgan fingerprint density at radius 3 is 2.50 bits per heavy atom. The highest BCUT2D eigenvalue weighted by Gasteiger charge is 2.17. The maximum Gasteiger partial charge on any atom is 0.0607 e. The number of aliphatic hydroxyl groups is 1. The molecule has 1 rings (SSSR count). The fourth-order valence-electron chi connectivity index (χ4n) is 1.13. The topological polar surface area (TPSA) is 29.5 Å². The van der Waals surface area contributed by atoms with Gasteiger partial charge in [-0.1, -0.05) is 12.8 Å². The minimum absolute atomic E-state index is 0.351. The van der Waals surface area contributed by atoms with Crippen LogP contribution in [-0.4, -0.2) is 35.9 Å². The van der Waals surface area contributed by atoms with Crippen LogP contribution in [0.3, 0.4) is 0 Å². The van der Waals surface area contributed by atoms with Crippen LogP contribution >= 0.6 is 11.8 Å². The molecule has 0 aliphatic carbocycles. The average molecular weight is 190 g/mol. The van der Waals surface area contributed by atoms with Crippen LogP contribution in [0.15, 0.2) is 0 Å². The lowest BCUT2D eigenvalue weighted by Gasteiger charge is -2.25. The maximum atomic E-state index is 8.54. The molecule has 1 saturated heterocycles. The Bertz CT molecular complexity index is 105. The van der Waals surface area contributed by atoms with Crippen LogP contribution in [0, 0.1) is 0 Å². The van der Waals surface area contributed by atoms with Gasteiger partial charge < -0.3 is 9.84 Å². The molecule has 3 heteroatoms. The van der Waals surface area contributed by atoms with Gasteiger partial charge in [-0.25, -0.2) is 0 Å². The third-order valence-electron chi connectivity index (χ3n) is 2.01. The van der Waals surface area contributed by atoms with Gasteiger partial charge in [0.1, 0.15) is 0 Å². The van der Waals surface area contributed by atoms with E-state index in [0.717, 1.165) is 24.9 Å². The molecule has 2 nitrogen and oxygen atoms in total. The monoisotopic (exact) mass is 190 g/mol. The zero-order chi connectivity index (χ0) is 8.65. The van der Waals surface area contributed by atoms with Crippen molar-refractivity contribution in [2.45, 2.75) is 30.9 Å². The van der Waals surface area contributed by atoms with Crippen molar-refractivity contribution in [2.24, 2.45) is 0 Å². The van der Waals surface area contributed by atoms with Gasteiger partial charge in [-0.3, -0.25) is 0 Å². The smallest absolute Gasteiger partial charge is 0.0607 e. The van der Waals surface area contributed by atoms with E-state index < -0.39 is 0 Å². The van der Waals surface area contributed by atoms with Crippen molar-refractivity contribution in [2.75, 3.05) is 25.6 Å². The van der Waals surface area contributed by atoms with Gasteiger partial charge in [0.2, 0.25) is 0 Å². The molecule has 0 aromatic heterocycles. The van der Waals surface area contributed by atoms with Crippen LogP contribution in [-0.2, 0) is 4.74 Å².